The van der Waals surface area contributed by atoms with Crippen LogP contribution in [0.1, 0.15) is 37.6 Å². The van der Waals surface area contributed by atoms with Crippen LogP contribution in [0, 0.1) is 0 Å². The maximum Gasteiger partial charge on any atom is 0.0450 e. The summed E-state index contributed by atoms with van der Waals surface area (Å²) in [5, 5.41) is 0. The number of nitrogens with zero attached hydrogens (tertiary/aromatic N) is 2. The van der Waals surface area contributed by atoms with Crippen molar-refractivity contribution in [2.45, 2.75) is 32.6 Å². The first-order valence-electron chi connectivity index (χ1n) is 5.90. The molecule has 0 unspecified atom stereocenters. The lowest BCUT2D eigenvalue weighted by Gasteiger charge is -2.19. The number of hydrogen-bond acceptors (Lipinski definition) is 2. The molecule has 0 aromatic carbocycles. The summed E-state index contributed by atoms with van der Waals surface area (Å²) in [6.07, 6.45) is 6.41. The van der Waals surface area contributed by atoms with Gasteiger partial charge in [0, 0.05) is 30.7 Å². The standard InChI is InChI=1S/C15H18N2/c1-15(2,3)13-6-9-17-14(11-13)10-12-4-7-16-8-5-12/h4-9,11H,10H2,1-3H3. The first-order chi connectivity index (χ1) is 8.05. The number of rotatable bonds is 2. The second-order valence-electron chi connectivity index (χ2n) is 5.32. The monoisotopic (exact) mass is 226 g/mol. The molecule has 0 saturated carbocycles. The van der Waals surface area contributed by atoms with E-state index in [0.717, 1.165) is 12.1 Å². The highest BCUT2D eigenvalue weighted by molar-refractivity contribution is 5.27. The smallest absolute Gasteiger partial charge is 0.0450 e. The molecule has 2 aromatic heterocycles. The molecule has 0 aliphatic carbocycles. The van der Waals surface area contributed by atoms with Gasteiger partial charge in [0.15, 0.2) is 0 Å². The van der Waals surface area contributed by atoms with Gasteiger partial charge in [-0.25, -0.2) is 0 Å². The van der Waals surface area contributed by atoms with Gasteiger partial charge in [-0.1, -0.05) is 20.8 Å². The van der Waals surface area contributed by atoms with Crippen LogP contribution in [-0.4, -0.2) is 9.97 Å². The summed E-state index contributed by atoms with van der Waals surface area (Å²) < 4.78 is 0. The van der Waals surface area contributed by atoms with Crippen molar-refractivity contribution >= 4 is 0 Å². The average Bonchev–Trinajstić information content (AvgIpc) is 2.29. The Morgan fingerprint density at radius 2 is 1.71 bits per heavy atom. The van der Waals surface area contributed by atoms with Crippen molar-refractivity contribution in [2.75, 3.05) is 0 Å². The molecule has 0 amide bonds. The maximum atomic E-state index is 4.43. The lowest BCUT2D eigenvalue weighted by Crippen LogP contribution is -2.11. The van der Waals surface area contributed by atoms with Crippen LogP contribution in [0.3, 0.4) is 0 Å². The molecule has 2 heterocycles. The zero-order chi connectivity index (χ0) is 12.3. The first kappa shape index (κ1) is 11.8. The van der Waals surface area contributed by atoms with Gasteiger partial charge in [0.25, 0.3) is 0 Å². The van der Waals surface area contributed by atoms with E-state index in [1.54, 1.807) is 0 Å². The van der Waals surface area contributed by atoms with Crippen LogP contribution in [0.5, 0.6) is 0 Å². The minimum Gasteiger partial charge on any atom is -0.265 e. The minimum atomic E-state index is 0.177. The van der Waals surface area contributed by atoms with E-state index >= 15 is 0 Å². The van der Waals surface area contributed by atoms with E-state index in [4.69, 9.17) is 0 Å². The molecular formula is C15H18N2. The normalized spacial score (nSPS) is 11.5. The molecule has 88 valence electrons. The highest BCUT2D eigenvalue weighted by Gasteiger charge is 2.13. The van der Waals surface area contributed by atoms with Gasteiger partial charge >= 0.3 is 0 Å². The number of hydrogen-bond donors (Lipinski definition) is 0. The van der Waals surface area contributed by atoms with Gasteiger partial charge in [0.1, 0.15) is 0 Å². The Morgan fingerprint density at radius 1 is 1.00 bits per heavy atom. The highest BCUT2D eigenvalue weighted by atomic mass is 14.7. The molecular weight excluding hydrogens is 208 g/mol. The lowest BCUT2D eigenvalue weighted by atomic mass is 9.87. The van der Waals surface area contributed by atoms with Crippen molar-refractivity contribution in [3.63, 3.8) is 0 Å². The predicted molar refractivity (Wildman–Crippen MR) is 70.0 cm³/mol. The zero-order valence-electron chi connectivity index (χ0n) is 10.6. The van der Waals surface area contributed by atoms with Crippen LogP contribution in [-0.2, 0) is 11.8 Å². The summed E-state index contributed by atoms with van der Waals surface area (Å²) in [4.78, 5) is 8.45. The molecule has 0 spiro atoms. The Kier molecular flexibility index (Phi) is 3.23. The fraction of sp³-hybridized carbons (Fsp3) is 0.333. The minimum absolute atomic E-state index is 0.177. The van der Waals surface area contributed by atoms with Gasteiger partial charge in [0.05, 0.1) is 0 Å². The van der Waals surface area contributed by atoms with Crippen molar-refractivity contribution in [3.05, 3.63) is 59.7 Å². The SMILES string of the molecule is CC(C)(C)c1ccnc(Cc2ccncc2)c1. The van der Waals surface area contributed by atoms with E-state index in [0.29, 0.717) is 0 Å². The molecule has 0 radical (unpaired) electrons. The summed E-state index contributed by atoms with van der Waals surface area (Å²) in [5.74, 6) is 0. The predicted octanol–water partition coefficient (Wildman–Crippen LogP) is 3.36. The Hall–Kier alpha value is -1.70. The third-order valence-corrected chi connectivity index (χ3v) is 2.82. The van der Waals surface area contributed by atoms with Crippen LogP contribution >= 0.6 is 0 Å². The molecule has 0 aliphatic heterocycles. The average molecular weight is 226 g/mol. The summed E-state index contributed by atoms with van der Waals surface area (Å²) in [6.45, 7) is 6.66. The van der Waals surface area contributed by atoms with Gasteiger partial charge in [0.2, 0.25) is 0 Å². The Bertz CT molecular complexity index is 484. The molecule has 2 rings (SSSR count). The summed E-state index contributed by atoms with van der Waals surface area (Å²) in [5.41, 5.74) is 3.87. The third-order valence-electron chi connectivity index (χ3n) is 2.82. The Labute approximate surface area is 103 Å². The molecule has 0 atom stereocenters. The topological polar surface area (TPSA) is 25.8 Å². The largest absolute Gasteiger partial charge is 0.265 e. The van der Waals surface area contributed by atoms with Gasteiger partial charge in [-0.15, -0.1) is 0 Å². The fourth-order valence-corrected chi connectivity index (χ4v) is 1.75. The molecule has 0 fully saturated rings. The van der Waals surface area contributed by atoms with Crippen LogP contribution in [0.2, 0.25) is 0 Å². The molecule has 2 nitrogen and oxygen atoms in total. The third kappa shape index (κ3) is 3.13. The molecule has 0 bridgehead atoms. The molecule has 0 N–H and O–H groups in total. The number of aromatic nitrogens is 2. The van der Waals surface area contributed by atoms with Gasteiger partial charge in [-0.2, -0.15) is 0 Å². The first-order valence-corrected chi connectivity index (χ1v) is 5.90. The van der Waals surface area contributed by atoms with Crippen molar-refractivity contribution in [3.8, 4) is 0 Å². The van der Waals surface area contributed by atoms with Gasteiger partial charge in [-0.05, 0) is 40.8 Å². The Morgan fingerprint density at radius 3 is 2.35 bits per heavy atom. The maximum absolute atomic E-state index is 4.43. The van der Waals surface area contributed by atoms with Gasteiger partial charge < -0.3 is 0 Å². The van der Waals surface area contributed by atoms with E-state index in [-0.39, 0.29) is 5.41 Å². The summed E-state index contributed by atoms with van der Waals surface area (Å²) >= 11 is 0. The van der Waals surface area contributed by atoms with E-state index in [9.17, 15) is 0 Å². The van der Waals surface area contributed by atoms with Crippen molar-refractivity contribution in [1.29, 1.82) is 0 Å². The second-order valence-corrected chi connectivity index (χ2v) is 5.32. The Balaban J connectivity index is 2.23. The highest BCUT2D eigenvalue weighted by Crippen LogP contribution is 2.22. The van der Waals surface area contributed by atoms with E-state index < -0.39 is 0 Å². The molecule has 17 heavy (non-hydrogen) atoms. The van der Waals surface area contributed by atoms with Crippen LogP contribution in [0.4, 0.5) is 0 Å². The molecule has 2 heteroatoms. The molecule has 0 aliphatic rings. The molecule has 0 saturated heterocycles. The lowest BCUT2D eigenvalue weighted by molar-refractivity contribution is 0.588. The van der Waals surface area contributed by atoms with E-state index in [2.05, 4.69) is 42.9 Å². The summed E-state index contributed by atoms with van der Waals surface area (Å²) in [6, 6.07) is 8.35. The summed E-state index contributed by atoms with van der Waals surface area (Å²) in [7, 11) is 0. The van der Waals surface area contributed by atoms with E-state index in [1.165, 1.54) is 11.1 Å². The van der Waals surface area contributed by atoms with E-state index in [1.807, 2.05) is 30.7 Å². The number of pyridine rings is 2. The van der Waals surface area contributed by atoms with Crippen LogP contribution in [0.15, 0.2) is 42.9 Å². The zero-order valence-corrected chi connectivity index (χ0v) is 10.6. The quantitative estimate of drug-likeness (QED) is 0.784. The molecule has 2 aromatic rings. The van der Waals surface area contributed by atoms with Crippen molar-refractivity contribution in [1.82, 2.24) is 9.97 Å². The van der Waals surface area contributed by atoms with Gasteiger partial charge in [-0.3, -0.25) is 9.97 Å². The van der Waals surface area contributed by atoms with Crippen molar-refractivity contribution in [2.24, 2.45) is 0 Å². The second kappa shape index (κ2) is 4.66. The van der Waals surface area contributed by atoms with Crippen LogP contribution in [0.25, 0.3) is 0 Å². The fourth-order valence-electron chi connectivity index (χ4n) is 1.75. The van der Waals surface area contributed by atoms with Crippen LogP contribution < -0.4 is 0 Å². The van der Waals surface area contributed by atoms with Crippen molar-refractivity contribution < 1.29 is 0 Å².